The fraction of sp³-hybridized carbons (Fsp3) is 0.533. The van der Waals surface area contributed by atoms with Crippen LogP contribution >= 0.6 is 0 Å². The molecule has 40 heavy (non-hydrogen) atoms. The number of hydrogen-bond donors (Lipinski definition) is 0. The number of amides is 4. The van der Waals surface area contributed by atoms with E-state index in [1.165, 1.54) is 11.2 Å². The molecule has 1 aromatic heterocycles. The van der Waals surface area contributed by atoms with Gasteiger partial charge in [0.25, 0.3) is 17.7 Å². The predicted octanol–water partition coefficient (Wildman–Crippen LogP) is 3.03. The number of nitrogens with zero attached hydrogens (tertiary/aromatic N) is 4. The first-order valence-electron chi connectivity index (χ1n) is 14.2. The Bertz CT molecular complexity index is 1310. The molecule has 4 aliphatic heterocycles. The lowest BCUT2D eigenvalue weighted by atomic mass is 9.93. The second-order valence-electron chi connectivity index (χ2n) is 11.8. The first kappa shape index (κ1) is 26.6. The molecule has 0 radical (unpaired) electrons. The van der Waals surface area contributed by atoms with Crippen molar-refractivity contribution in [1.82, 2.24) is 14.7 Å². The topological polar surface area (TPSA) is 104 Å². The summed E-state index contributed by atoms with van der Waals surface area (Å²) in [6.45, 7) is 7.59. The largest absolute Gasteiger partial charge is 0.459 e. The van der Waals surface area contributed by atoms with Crippen molar-refractivity contribution < 1.29 is 28.3 Å². The molecule has 10 nitrogen and oxygen atoms in total. The number of carbonyl (C=O) groups is 4. The van der Waals surface area contributed by atoms with Gasteiger partial charge in [-0.2, -0.15) is 0 Å². The average Bonchev–Trinajstić information content (AvgIpc) is 3.59. The molecule has 0 bridgehead atoms. The molecule has 2 aromatic rings. The average molecular weight is 549 g/mol. The van der Waals surface area contributed by atoms with E-state index in [-0.39, 0.29) is 41.2 Å². The molecule has 10 heteroatoms. The zero-order chi connectivity index (χ0) is 28.0. The molecule has 1 aromatic carbocycles. The zero-order valence-electron chi connectivity index (χ0n) is 23.1. The van der Waals surface area contributed by atoms with Crippen LogP contribution in [-0.2, 0) is 9.53 Å². The first-order chi connectivity index (χ1) is 19.2. The molecule has 2 atom stereocenters. The molecule has 3 fully saturated rings. The number of imide groups is 1. The Hall–Kier alpha value is -3.66. The molecule has 0 saturated carbocycles. The van der Waals surface area contributed by atoms with E-state index in [2.05, 4.69) is 4.90 Å². The molecular weight excluding hydrogens is 512 g/mol. The van der Waals surface area contributed by atoms with Crippen molar-refractivity contribution in [3.63, 3.8) is 0 Å². The molecule has 0 unspecified atom stereocenters. The minimum atomic E-state index is -0.390. The number of rotatable bonds is 4. The minimum absolute atomic E-state index is 0.0795. The van der Waals surface area contributed by atoms with Gasteiger partial charge in [0, 0.05) is 51.9 Å². The van der Waals surface area contributed by atoms with Gasteiger partial charge >= 0.3 is 0 Å². The first-order valence-corrected chi connectivity index (χ1v) is 14.2. The second kappa shape index (κ2) is 10.4. The van der Waals surface area contributed by atoms with Gasteiger partial charge in [0.15, 0.2) is 5.76 Å². The standard InChI is InChI=1S/C30H36N4O6/c1-30(2)18-21(10-17-40-30)34-27(36)22-7-3-8-23(25(22)29(34)38)33-11-4-6-20(19-33)26(35)31-12-14-32(15-13-31)28(37)24-9-5-16-39-24/h3,5,7-9,16,20-21H,4,6,10-15,17-19H2,1-2H3/t20-,21-/m1/s1. The summed E-state index contributed by atoms with van der Waals surface area (Å²) >= 11 is 0. The lowest BCUT2D eigenvalue weighted by molar-refractivity contribution is -0.137. The summed E-state index contributed by atoms with van der Waals surface area (Å²) in [4.78, 5) is 60.4. The summed E-state index contributed by atoms with van der Waals surface area (Å²) in [5.74, 6) is -0.464. The molecule has 0 N–H and O–H groups in total. The van der Waals surface area contributed by atoms with Gasteiger partial charge in [0.05, 0.1) is 34.6 Å². The smallest absolute Gasteiger partial charge is 0.289 e. The lowest BCUT2D eigenvalue weighted by Crippen LogP contribution is -2.53. The van der Waals surface area contributed by atoms with Gasteiger partial charge in [0.1, 0.15) is 0 Å². The van der Waals surface area contributed by atoms with Crippen molar-refractivity contribution in [3.05, 3.63) is 53.5 Å². The lowest BCUT2D eigenvalue weighted by Gasteiger charge is -2.40. The van der Waals surface area contributed by atoms with E-state index in [1.54, 1.807) is 23.1 Å². The van der Waals surface area contributed by atoms with E-state index in [1.807, 2.05) is 30.9 Å². The van der Waals surface area contributed by atoms with Gasteiger partial charge < -0.3 is 23.9 Å². The molecule has 0 aliphatic carbocycles. The maximum Gasteiger partial charge on any atom is 0.289 e. The van der Waals surface area contributed by atoms with Crippen LogP contribution in [0.2, 0.25) is 0 Å². The van der Waals surface area contributed by atoms with Crippen LogP contribution in [0.3, 0.4) is 0 Å². The van der Waals surface area contributed by atoms with Gasteiger partial charge in [-0.25, -0.2) is 0 Å². The van der Waals surface area contributed by atoms with Crippen LogP contribution in [-0.4, -0.2) is 95.8 Å². The Kier molecular flexibility index (Phi) is 6.90. The van der Waals surface area contributed by atoms with Crippen LogP contribution in [0, 0.1) is 5.92 Å². The van der Waals surface area contributed by atoms with E-state index < -0.39 is 0 Å². The molecule has 6 rings (SSSR count). The number of furan rings is 1. The highest BCUT2D eigenvalue weighted by Gasteiger charge is 2.45. The fourth-order valence-corrected chi connectivity index (χ4v) is 6.64. The summed E-state index contributed by atoms with van der Waals surface area (Å²) < 4.78 is 11.1. The fourth-order valence-electron chi connectivity index (χ4n) is 6.64. The molecule has 0 spiro atoms. The molecule has 212 valence electrons. The molecule has 3 saturated heterocycles. The highest BCUT2D eigenvalue weighted by molar-refractivity contribution is 6.24. The molecule has 5 heterocycles. The van der Waals surface area contributed by atoms with Crippen LogP contribution in [0.4, 0.5) is 5.69 Å². The number of hydrogen-bond acceptors (Lipinski definition) is 7. The number of piperidine rings is 1. The Morgan fingerprint density at radius 2 is 1.70 bits per heavy atom. The van der Waals surface area contributed by atoms with Gasteiger partial charge in [-0.1, -0.05) is 6.07 Å². The van der Waals surface area contributed by atoms with Gasteiger partial charge in [-0.3, -0.25) is 24.1 Å². The van der Waals surface area contributed by atoms with Crippen molar-refractivity contribution in [1.29, 1.82) is 0 Å². The van der Waals surface area contributed by atoms with Gasteiger partial charge in [-0.05, 0) is 63.8 Å². The summed E-state index contributed by atoms with van der Waals surface area (Å²) in [6.07, 6.45) is 4.30. The SMILES string of the molecule is CC1(C)C[C@H](N2C(=O)c3cccc(N4CCC[C@@H](C(=O)N5CCN(C(=O)c6ccco6)CC5)C4)c3C2=O)CCO1. The van der Waals surface area contributed by atoms with E-state index in [0.717, 1.165) is 25.1 Å². The summed E-state index contributed by atoms with van der Waals surface area (Å²) in [7, 11) is 0. The van der Waals surface area contributed by atoms with Crippen molar-refractivity contribution in [2.45, 2.75) is 51.2 Å². The number of piperazine rings is 1. The number of carbonyl (C=O) groups excluding carboxylic acids is 4. The quantitative estimate of drug-likeness (QED) is 0.541. The minimum Gasteiger partial charge on any atom is -0.459 e. The number of ether oxygens (including phenoxy) is 1. The van der Waals surface area contributed by atoms with E-state index in [9.17, 15) is 19.2 Å². The number of fused-ring (bicyclic) bond motifs is 1. The van der Waals surface area contributed by atoms with Crippen molar-refractivity contribution >= 4 is 29.3 Å². The maximum atomic E-state index is 13.7. The summed E-state index contributed by atoms with van der Waals surface area (Å²) in [5, 5.41) is 0. The third-order valence-electron chi connectivity index (χ3n) is 8.68. The maximum absolute atomic E-state index is 13.7. The van der Waals surface area contributed by atoms with E-state index in [4.69, 9.17) is 9.15 Å². The van der Waals surface area contributed by atoms with Crippen LogP contribution in [0.1, 0.15) is 70.8 Å². The normalized spacial score (nSPS) is 24.9. The monoisotopic (exact) mass is 548 g/mol. The van der Waals surface area contributed by atoms with Crippen LogP contribution in [0.5, 0.6) is 0 Å². The predicted molar refractivity (Wildman–Crippen MR) is 146 cm³/mol. The highest BCUT2D eigenvalue weighted by Crippen LogP contribution is 2.38. The van der Waals surface area contributed by atoms with E-state index >= 15 is 0 Å². The van der Waals surface area contributed by atoms with Crippen LogP contribution < -0.4 is 4.90 Å². The van der Waals surface area contributed by atoms with Gasteiger partial charge in [0.2, 0.25) is 5.91 Å². The number of benzene rings is 1. The van der Waals surface area contributed by atoms with Gasteiger partial charge in [-0.15, -0.1) is 0 Å². The Balaban J connectivity index is 1.14. The molecule has 4 amide bonds. The Morgan fingerprint density at radius 3 is 2.42 bits per heavy atom. The molecular formula is C30H36N4O6. The van der Waals surface area contributed by atoms with Crippen molar-refractivity contribution in [2.75, 3.05) is 50.8 Å². The van der Waals surface area contributed by atoms with Crippen LogP contribution in [0.15, 0.2) is 41.0 Å². The van der Waals surface area contributed by atoms with Crippen molar-refractivity contribution in [3.8, 4) is 0 Å². The summed E-state index contributed by atoms with van der Waals surface area (Å²) in [5.41, 5.74) is 1.24. The third-order valence-corrected chi connectivity index (χ3v) is 8.68. The molecule has 4 aliphatic rings. The van der Waals surface area contributed by atoms with Crippen molar-refractivity contribution in [2.24, 2.45) is 5.92 Å². The third kappa shape index (κ3) is 4.78. The van der Waals surface area contributed by atoms with Crippen LogP contribution in [0.25, 0.3) is 0 Å². The second-order valence-corrected chi connectivity index (χ2v) is 11.8. The Morgan fingerprint density at radius 1 is 0.925 bits per heavy atom. The van der Waals surface area contributed by atoms with E-state index in [0.29, 0.717) is 69.1 Å². The summed E-state index contributed by atoms with van der Waals surface area (Å²) in [6, 6.07) is 8.61. The highest BCUT2D eigenvalue weighted by atomic mass is 16.5. The Labute approximate surface area is 233 Å². The zero-order valence-corrected chi connectivity index (χ0v) is 23.1. The number of anilines is 1.